The molecule has 5 nitrogen and oxygen atoms in total. The highest BCUT2D eigenvalue weighted by Crippen LogP contribution is 2.19. The molecule has 1 unspecified atom stereocenters. The van der Waals surface area contributed by atoms with E-state index >= 15 is 0 Å². The molecule has 1 saturated heterocycles. The van der Waals surface area contributed by atoms with Crippen LogP contribution in [-0.4, -0.2) is 42.0 Å². The molecule has 0 bridgehead atoms. The van der Waals surface area contributed by atoms with E-state index in [4.69, 9.17) is 0 Å². The van der Waals surface area contributed by atoms with E-state index in [0.29, 0.717) is 19.1 Å². The fraction of sp³-hybridized carbons (Fsp3) is 0.800. The van der Waals surface area contributed by atoms with Crippen LogP contribution >= 0.6 is 0 Å². The molecule has 3 amide bonds. The number of hydrogen-bond donors (Lipinski definition) is 2. The van der Waals surface area contributed by atoms with E-state index in [1.54, 1.807) is 11.8 Å². The minimum Gasteiger partial charge on any atom is -0.352 e. The van der Waals surface area contributed by atoms with Gasteiger partial charge in [-0.05, 0) is 26.2 Å². The molecule has 15 heavy (non-hydrogen) atoms. The van der Waals surface area contributed by atoms with Crippen molar-refractivity contribution in [2.45, 2.75) is 38.3 Å². The van der Waals surface area contributed by atoms with Crippen LogP contribution < -0.4 is 10.6 Å². The maximum absolute atomic E-state index is 11.7. The van der Waals surface area contributed by atoms with Crippen LogP contribution in [0.5, 0.6) is 0 Å². The molecule has 0 aromatic rings. The predicted octanol–water partition coefficient (Wildman–Crippen LogP) is 0.0688. The first-order chi connectivity index (χ1) is 7.18. The molecule has 0 aromatic carbocycles. The van der Waals surface area contributed by atoms with Crippen LogP contribution in [0, 0.1) is 0 Å². The van der Waals surface area contributed by atoms with Gasteiger partial charge in [0.2, 0.25) is 5.91 Å². The monoisotopic (exact) mass is 211 g/mol. The lowest BCUT2D eigenvalue weighted by Gasteiger charge is -2.31. The number of carbonyl (C=O) groups excluding carboxylic acids is 2. The van der Waals surface area contributed by atoms with Crippen molar-refractivity contribution in [3.8, 4) is 0 Å². The summed E-state index contributed by atoms with van der Waals surface area (Å²) < 4.78 is 0. The topological polar surface area (TPSA) is 61.4 Å². The van der Waals surface area contributed by atoms with Crippen molar-refractivity contribution in [3.63, 3.8) is 0 Å². The Hall–Kier alpha value is -1.26. The first-order valence-corrected chi connectivity index (χ1v) is 5.53. The van der Waals surface area contributed by atoms with Crippen molar-refractivity contribution in [1.29, 1.82) is 0 Å². The van der Waals surface area contributed by atoms with Gasteiger partial charge >= 0.3 is 6.03 Å². The third kappa shape index (κ3) is 2.40. The third-order valence-electron chi connectivity index (χ3n) is 2.88. The summed E-state index contributed by atoms with van der Waals surface area (Å²) in [6.07, 6.45) is 3.06. The first-order valence-electron chi connectivity index (χ1n) is 5.53. The standard InChI is InChI=1S/C10H17N3O2/c1-7(9(14)12-8-3-4-8)13-6-2-5-11-10(13)15/h7-8H,2-6H2,1H3,(H,11,15)(H,12,14). The molecule has 84 valence electrons. The van der Waals surface area contributed by atoms with Crippen molar-refractivity contribution in [3.05, 3.63) is 0 Å². The molecule has 2 aliphatic rings. The van der Waals surface area contributed by atoms with Crippen molar-refractivity contribution < 1.29 is 9.59 Å². The molecule has 2 rings (SSSR count). The van der Waals surface area contributed by atoms with Gasteiger partial charge in [0.1, 0.15) is 6.04 Å². The molecule has 1 atom stereocenters. The predicted molar refractivity (Wildman–Crippen MR) is 55.3 cm³/mol. The number of carbonyl (C=O) groups is 2. The van der Waals surface area contributed by atoms with Crippen molar-refractivity contribution in [2.75, 3.05) is 13.1 Å². The Morgan fingerprint density at radius 1 is 1.60 bits per heavy atom. The molecule has 1 heterocycles. The van der Waals surface area contributed by atoms with Gasteiger partial charge in [-0.15, -0.1) is 0 Å². The Labute approximate surface area is 89.2 Å². The summed E-state index contributed by atoms with van der Waals surface area (Å²) in [6, 6.07) is -0.126. The maximum Gasteiger partial charge on any atom is 0.318 e. The SMILES string of the molecule is CC(C(=O)NC1CC1)N1CCCNC1=O. The highest BCUT2D eigenvalue weighted by Gasteiger charge is 2.31. The lowest BCUT2D eigenvalue weighted by atomic mass is 10.2. The van der Waals surface area contributed by atoms with Crippen molar-refractivity contribution in [1.82, 2.24) is 15.5 Å². The molecule has 0 aromatic heterocycles. The maximum atomic E-state index is 11.7. The zero-order valence-corrected chi connectivity index (χ0v) is 8.95. The molecule has 0 radical (unpaired) electrons. The lowest BCUT2D eigenvalue weighted by molar-refractivity contribution is -0.125. The highest BCUT2D eigenvalue weighted by atomic mass is 16.2. The quantitative estimate of drug-likeness (QED) is 0.694. The summed E-state index contributed by atoms with van der Waals surface area (Å²) in [5.74, 6) is -0.0328. The number of amides is 3. The molecule has 1 aliphatic heterocycles. The van der Waals surface area contributed by atoms with E-state index in [9.17, 15) is 9.59 Å². The molecular formula is C10H17N3O2. The first kappa shape index (κ1) is 10.3. The summed E-state index contributed by atoms with van der Waals surface area (Å²) >= 11 is 0. The molecular weight excluding hydrogens is 194 g/mol. The van der Waals surface area contributed by atoms with Crippen LogP contribution in [-0.2, 0) is 4.79 Å². The smallest absolute Gasteiger partial charge is 0.318 e. The second-order valence-corrected chi connectivity index (χ2v) is 4.24. The van der Waals surface area contributed by atoms with Gasteiger partial charge in [0.15, 0.2) is 0 Å². The van der Waals surface area contributed by atoms with Crippen LogP contribution in [0.15, 0.2) is 0 Å². The number of hydrogen-bond acceptors (Lipinski definition) is 2. The van der Waals surface area contributed by atoms with Gasteiger partial charge < -0.3 is 15.5 Å². The number of nitrogens with zero attached hydrogens (tertiary/aromatic N) is 1. The van der Waals surface area contributed by atoms with Gasteiger partial charge in [-0.1, -0.05) is 0 Å². The van der Waals surface area contributed by atoms with Gasteiger partial charge in [0.25, 0.3) is 0 Å². The molecule has 2 N–H and O–H groups in total. The Bertz CT molecular complexity index is 276. The van der Waals surface area contributed by atoms with Crippen LogP contribution in [0.1, 0.15) is 26.2 Å². The summed E-state index contributed by atoms with van der Waals surface area (Å²) in [4.78, 5) is 24.8. The Balaban J connectivity index is 1.89. The second-order valence-electron chi connectivity index (χ2n) is 4.24. The number of urea groups is 1. The Kier molecular flexibility index (Phi) is 2.79. The van der Waals surface area contributed by atoms with Gasteiger partial charge in [0, 0.05) is 19.1 Å². The van der Waals surface area contributed by atoms with E-state index in [1.807, 2.05) is 0 Å². The van der Waals surface area contributed by atoms with E-state index in [0.717, 1.165) is 19.3 Å². The van der Waals surface area contributed by atoms with E-state index < -0.39 is 0 Å². The van der Waals surface area contributed by atoms with Crippen LogP contribution in [0.2, 0.25) is 0 Å². The van der Waals surface area contributed by atoms with Crippen molar-refractivity contribution in [2.24, 2.45) is 0 Å². The normalized spacial score (nSPS) is 23.3. The second kappa shape index (κ2) is 4.08. The summed E-state index contributed by atoms with van der Waals surface area (Å²) in [6.45, 7) is 3.17. The molecule has 2 fully saturated rings. The van der Waals surface area contributed by atoms with Gasteiger partial charge in [-0.2, -0.15) is 0 Å². The van der Waals surface area contributed by atoms with E-state index in [2.05, 4.69) is 10.6 Å². The van der Waals surface area contributed by atoms with Gasteiger partial charge in [-0.25, -0.2) is 4.79 Å². The van der Waals surface area contributed by atoms with Crippen molar-refractivity contribution >= 4 is 11.9 Å². The van der Waals surface area contributed by atoms with Crippen LogP contribution in [0.3, 0.4) is 0 Å². The Morgan fingerprint density at radius 2 is 2.33 bits per heavy atom. The van der Waals surface area contributed by atoms with E-state index in [-0.39, 0.29) is 18.0 Å². The number of nitrogens with one attached hydrogen (secondary N) is 2. The van der Waals surface area contributed by atoms with Crippen LogP contribution in [0.4, 0.5) is 4.79 Å². The van der Waals surface area contributed by atoms with E-state index in [1.165, 1.54) is 0 Å². The molecule has 5 heteroatoms. The van der Waals surface area contributed by atoms with Crippen LogP contribution in [0.25, 0.3) is 0 Å². The minimum absolute atomic E-state index is 0.0328. The van der Waals surface area contributed by atoms with Gasteiger partial charge in [0.05, 0.1) is 0 Å². The fourth-order valence-corrected chi connectivity index (χ4v) is 1.71. The minimum atomic E-state index is -0.356. The highest BCUT2D eigenvalue weighted by molar-refractivity contribution is 5.87. The third-order valence-corrected chi connectivity index (χ3v) is 2.88. The van der Waals surface area contributed by atoms with Gasteiger partial charge in [-0.3, -0.25) is 4.79 Å². The lowest BCUT2D eigenvalue weighted by Crippen LogP contribution is -2.55. The zero-order valence-electron chi connectivity index (χ0n) is 8.95. The largest absolute Gasteiger partial charge is 0.352 e. The molecule has 1 saturated carbocycles. The number of rotatable bonds is 3. The average Bonchev–Trinajstić information content (AvgIpc) is 3.01. The zero-order chi connectivity index (χ0) is 10.8. The molecule has 0 spiro atoms. The summed E-state index contributed by atoms with van der Waals surface area (Å²) in [5.41, 5.74) is 0. The average molecular weight is 211 g/mol. The fourth-order valence-electron chi connectivity index (χ4n) is 1.71. The summed E-state index contributed by atoms with van der Waals surface area (Å²) in [5, 5.41) is 5.65. The Morgan fingerprint density at radius 3 is 2.93 bits per heavy atom. The molecule has 1 aliphatic carbocycles. The summed E-state index contributed by atoms with van der Waals surface area (Å²) in [7, 11) is 0.